The number of carbonyl (C=O) groups is 1. The van der Waals surface area contributed by atoms with Crippen LogP contribution in [0.1, 0.15) is 31.2 Å². The van der Waals surface area contributed by atoms with E-state index in [4.69, 9.17) is 9.90 Å². The molecule has 4 atom stereocenters. The zero-order valence-electron chi connectivity index (χ0n) is 15.1. The van der Waals surface area contributed by atoms with Crippen molar-refractivity contribution in [3.63, 3.8) is 0 Å². The summed E-state index contributed by atoms with van der Waals surface area (Å²) in [4.78, 5) is 10.9. The van der Waals surface area contributed by atoms with E-state index in [1.54, 1.807) is 6.20 Å². The van der Waals surface area contributed by atoms with E-state index in [2.05, 4.69) is 41.3 Å². The minimum Gasteiger partial charge on any atom is -0.483 e. The van der Waals surface area contributed by atoms with Gasteiger partial charge in [0.05, 0.1) is 11.8 Å². The van der Waals surface area contributed by atoms with Gasteiger partial charge in [-0.2, -0.15) is 5.10 Å². The molecular formula is C20H27N3O3. The van der Waals surface area contributed by atoms with E-state index < -0.39 is 0 Å². The molecule has 0 aliphatic heterocycles. The Bertz CT molecular complexity index is 673. The van der Waals surface area contributed by atoms with Gasteiger partial charge in [-0.3, -0.25) is 9.69 Å². The van der Waals surface area contributed by atoms with E-state index in [1.165, 1.54) is 18.4 Å². The number of carboxylic acid groups (broad SMARTS) is 1. The topological polar surface area (TPSA) is 78.6 Å². The average Bonchev–Trinajstić information content (AvgIpc) is 3.32. The third-order valence-electron chi connectivity index (χ3n) is 5.73. The Hall–Kier alpha value is -2.18. The molecule has 2 aliphatic rings. The molecule has 2 unspecified atom stereocenters. The van der Waals surface area contributed by atoms with Crippen molar-refractivity contribution in [2.75, 3.05) is 7.05 Å². The molecule has 2 aliphatic carbocycles. The van der Waals surface area contributed by atoms with E-state index in [0.29, 0.717) is 6.04 Å². The number of hydrogen-bond acceptors (Lipinski definition) is 4. The Labute approximate surface area is 154 Å². The van der Waals surface area contributed by atoms with Crippen molar-refractivity contribution in [1.29, 1.82) is 0 Å². The zero-order chi connectivity index (χ0) is 18.5. The molecule has 1 aromatic carbocycles. The third kappa shape index (κ3) is 4.31. The van der Waals surface area contributed by atoms with Crippen molar-refractivity contribution >= 4 is 6.47 Å². The lowest BCUT2D eigenvalue weighted by Gasteiger charge is -2.25. The molecule has 6 nitrogen and oxygen atoms in total. The summed E-state index contributed by atoms with van der Waals surface area (Å²) in [6, 6.07) is 11.3. The Morgan fingerprint density at radius 1 is 1.19 bits per heavy atom. The molecule has 2 aromatic rings. The first-order chi connectivity index (χ1) is 12.6. The number of aliphatic hydroxyl groups excluding tert-OH is 1. The van der Waals surface area contributed by atoms with Crippen LogP contribution in [0.4, 0.5) is 0 Å². The van der Waals surface area contributed by atoms with Crippen LogP contribution < -0.4 is 0 Å². The highest BCUT2D eigenvalue weighted by atomic mass is 16.3. The Morgan fingerprint density at radius 3 is 2.35 bits per heavy atom. The molecule has 4 rings (SSSR count). The second kappa shape index (κ2) is 8.47. The predicted octanol–water partition coefficient (Wildman–Crippen LogP) is 2.55. The fourth-order valence-corrected chi connectivity index (χ4v) is 4.51. The molecule has 6 heteroatoms. The maximum Gasteiger partial charge on any atom is 0.290 e. The summed E-state index contributed by atoms with van der Waals surface area (Å²) >= 11 is 0. The van der Waals surface area contributed by atoms with Gasteiger partial charge in [0.2, 0.25) is 0 Å². The van der Waals surface area contributed by atoms with Gasteiger partial charge < -0.3 is 10.2 Å². The van der Waals surface area contributed by atoms with E-state index >= 15 is 0 Å². The number of nitrogens with zero attached hydrogens (tertiary/aromatic N) is 3. The molecule has 0 saturated heterocycles. The van der Waals surface area contributed by atoms with Gasteiger partial charge in [-0.1, -0.05) is 12.1 Å². The fourth-order valence-electron chi connectivity index (χ4n) is 4.51. The number of benzene rings is 1. The van der Waals surface area contributed by atoms with Crippen LogP contribution >= 0.6 is 0 Å². The monoisotopic (exact) mass is 357 g/mol. The summed E-state index contributed by atoms with van der Waals surface area (Å²) < 4.78 is 1.89. The van der Waals surface area contributed by atoms with Crippen LogP contribution in [0.3, 0.4) is 0 Å². The van der Waals surface area contributed by atoms with Crippen molar-refractivity contribution < 1.29 is 15.0 Å². The molecule has 26 heavy (non-hydrogen) atoms. The van der Waals surface area contributed by atoms with Crippen molar-refractivity contribution in [3.8, 4) is 5.69 Å². The number of aromatic nitrogens is 2. The largest absolute Gasteiger partial charge is 0.483 e. The van der Waals surface area contributed by atoms with Crippen molar-refractivity contribution in [2.24, 2.45) is 11.8 Å². The van der Waals surface area contributed by atoms with Gasteiger partial charge in [0.15, 0.2) is 0 Å². The van der Waals surface area contributed by atoms with Gasteiger partial charge in [-0.25, -0.2) is 4.68 Å². The van der Waals surface area contributed by atoms with Gasteiger partial charge in [0.25, 0.3) is 6.47 Å². The highest BCUT2D eigenvalue weighted by molar-refractivity contribution is 5.33. The van der Waals surface area contributed by atoms with Crippen molar-refractivity contribution in [3.05, 3.63) is 48.3 Å². The fraction of sp³-hybridized carbons (Fsp3) is 0.500. The molecule has 0 radical (unpaired) electrons. The lowest BCUT2D eigenvalue weighted by molar-refractivity contribution is -0.122. The van der Waals surface area contributed by atoms with Crippen molar-refractivity contribution in [1.82, 2.24) is 14.7 Å². The number of fused-ring (bicyclic) bond motifs is 1. The van der Waals surface area contributed by atoms with E-state index in [1.807, 2.05) is 16.9 Å². The van der Waals surface area contributed by atoms with Crippen LogP contribution in [0, 0.1) is 11.8 Å². The quantitative estimate of drug-likeness (QED) is 0.822. The van der Waals surface area contributed by atoms with Crippen LogP contribution in [-0.2, 0) is 11.3 Å². The minimum atomic E-state index is -0.250. The van der Waals surface area contributed by atoms with E-state index in [0.717, 1.165) is 36.9 Å². The molecule has 1 aromatic heterocycles. The SMILES string of the molecule is CN(Cc1ccc(-n2cccn2)cc1)C1C[C@H]2CC(O)C[C@H]2C1.O=CO. The lowest BCUT2D eigenvalue weighted by Crippen LogP contribution is -2.29. The summed E-state index contributed by atoms with van der Waals surface area (Å²) in [6.45, 7) is 0.742. The number of aliphatic hydroxyl groups is 1. The van der Waals surface area contributed by atoms with Crippen LogP contribution in [0.5, 0.6) is 0 Å². The summed E-state index contributed by atoms with van der Waals surface area (Å²) in [5, 5.41) is 20.9. The first-order valence-corrected chi connectivity index (χ1v) is 9.15. The van der Waals surface area contributed by atoms with Crippen LogP contribution in [0.2, 0.25) is 0 Å². The second-order valence-corrected chi connectivity index (χ2v) is 7.41. The predicted molar refractivity (Wildman–Crippen MR) is 99.0 cm³/mol. The van der Waals surface area contributed by atoms with Gasteiger partial charge in [-0.15, -0.1) is 0 Å². The maximum atomic E-state index is 9.78. The smallest absolute Gasteiger partial charge is 0.290 e. The standard InChI is InChI=1S/C19H25N3O.CH2O2/c1-21(18-9-15-11-19(23)12-16(15)10-18)13-14-3-5-17(6-4-14)22-8-2-7-20-22;2-1-3/h2-8,15-16,18-19,23H,9-13H2,1H3;1H,(H,2,3)/t15-,16+,18?,19?;. The first kappa shape index (κ1) is 18.6. The highest BCUT2D eigenvalue weighted by Gasteiger charge is 2.42. The maximum absolute atomic E-state index is 9.78. The Morgan fingerprint density at radius 2 is 1.81 bits per heavy atom. The van der Waals surface area contributed by atoms with E-state index in [-0.39, 0.29) is 12.6 Å². The van der Waals surface area contributed by atoms with Gasteiger partial charge in [0, 0.05) is 25.0 Å². The van der Waals surface area contributed by atoms with Crippen molar-refractivity contribution in [2.45, 2.75) is 44.4 Å². The van der Waals surface area contributed by atoms with Gasteiger partial charge >= 0.3 is 0 Å². The molecule has 0 amide bonds. The zero-order valence-corrected chi connectivity index (χ0v) is 15.1. The highest BCUT2D eigenvalue weighted by Crippen LogP contribution is 2.45. The Kier molecular flexibility index (Phi) is 6.06. The Balaban J connectivity index is 0.000000613. The molecular weight excluding hydrogens is 330 g/mol. The second-order valence-electron chi connectivity index (χ2n) is 7.41. The van der Waals surface area contributed by atoms with E-state index in [9.17, 15) is 5.11 Å². The molecule has 1 heterocycles. The summed E-state index contributed by atoms with van der Waals surface area (Å²) in [6.07, 6.45) is 8.28. The molecule has 140 valence electrons. The number of hydrogen-bond donors (Lipinski definition) is 2. The third-order valence-corrected chi connectivity index (χ3v) is 5.73. The summed E-state index contributed by atoms with van der Waals surface area (Å²) in [5.74, 6) is 1.50. The first-order valence-electron chi connectivity index (χ1n) is 9.15. The van der Waals surface area contributed by atoms with Gasteiger partial charge in [0.1, 0.15) is 0 Å². The number of rotatable bonds is 4. The molecule has 2 N–H and O–H groups in total. The van der Waals surface area contributed by atoms with Crippen LogP contribution in [-0.4, -0.2) is 50.6 Å². The summed E-state index contributed by atoms with van der Waals surface area (Å²) in [5.41, 5.74) is 2.45. The van der Waals surface area contributed by atoms with Gasteiger partial charge in [-0.05, 0) is 68.3 Å². The minimum absolute atomic E-state index is 0.0360. The molecule has 0 bridgehead atoms. The molecule has 2 saturated carbocycles. The van der Waals surface area contributed by atoms with Crippen LogP contribution in [0.15, 0.2) is 42.7 Å². The molecule has 0 spiro atoms. The average molecular weight is 357 g/mol. The van der Waals surface area contributed by atoms with Crippen LogP contribution in [0.25, 0.3) is 5.69 Å². The summed E-state index contributed by atoms with van der Waals surface area (Å²) in [7, 11) is 2.24. The lowest BCUT2D eigenvalue weighted by atomic mass is 10.0. The normalized spacial score (nSPS) is 27.0. The molecule has 2 fully saturated rings.